The van der Waals surface area contributed by atoms with Crippen LogP contribution in [-0.4, -0.2) is 0 Å². The molecule has 0 nitrogen and oxygen atoms in total. The van der Waals surface area contributed by atoms with Crippen molar-refractivity contribution in [3.8, 4) is 0 Å². The summed E-state index contributed by atoms with van der Waals surface area (Å²) in [5, 5.41) is -0.167. The van der Waals surface area contributed by atoms with E-state index in [-0.39, 0.29) is 5.02 Å². The lowest BCUT2D eigenvalue weighted by molar-refractivity contribution is 0.500. The second kappa shape index (κ2) is 3.18. The highest BCUT2D eigenvalue weighted by Gasteiger charge is 2.09. The topological polar surface area (TPSA) is 0 Å². The van der Waals surface area contributed by atoms with E-state index in [0.717, 1.165) is 0 Å². The van der Waals surface area contributed by atoms with Gasteiger partial charge in [0, 0.05) is 0 Å². The third-order valence-corrected chi connectivity index (χ3v) is 1.79. The largest absolute Gasteiger partial charge is 0.203 e. The number of aryl methyl sites for hydroxylation is 1. The van der Waals surface area contributed by atoms with Crippen LogP contribution in [0.25, 0.3) is 0 Å². The van der Waals surface area contributed by atoms with Gasteiger partial charge < -0.3 is 0 Å². The van der Waals surface area contributed by atoms with Gasteiger partial charge in [0.2, 0.25) is 0 Å². The molecule has 0 aromatic heterocycles. The van der Waals surface area contributed by atoms with Gasteiger partial charge in [-0.25, -0.2) is 8.78 Å². The molecule has 0 saturated heterocycles. The summed E-state index contributed by atoms with van der Waals surface area (Å²) in [7, 11) is 0. The highest BCUT2D eigenvalue weighted by molar-refractivity contribution is 6.30. The fraction of sp³-hybridized carbons (Fsp3) is 0.250. The van der Waals surface area contributed by atoms with Crippen LogP contribution >= 0.6 is 11.6 Å². The Hall–Kier alpha value is -0.630. The molecule has 0 fully saturated rings. The Balaban J connectivity index is 3.25. The van der Waals surface area contributed by atoms with Crippen molar-refractivity contribution in [2.24, 2.45) is 0 Å². The molecule has 0 N–H and O–H groups in total. The Morgan fingerprint density at radius 2 is 1.91 bits per heavy atom. The second-order valence-electron chi connectivity index (χ2n) is 2.19. The predicted octanol–water partition coefficient (Wildman–Crippen LogP) is 3.18. The third-order valence-electron chi connectivity index (χ3n) is 1.50. The molecule has 0 bridgehead atoms. The van der Waals surface area contributed by atoms with E-state index in [1.165, 1.54) is 12.1 Å². The fourth-order valence-corrected chi connectivity index (χ4v) is 0.985. The molecule has 1 aromatic rings. The zero-order valence-electron chi connectivity index (χ0n) is 6.00. The van der Waals surface area contributed by atoms with Gasteiger partial charge in [-0.3, -0.25) is 0 Å². The van der Waals surface area contributed by atoms with Gasteiger partial charge in [-0.05, 0) is 18.1 Å². The van der Waals surface area contributed by atoms with Gasteiger partial charge in [-0.1, -0.05) is 24.6 Å². The van der Waals surface area contributed by atoms with Gasteiger partial charge in [0.15, 0.2) is 11.6 Å². The summed E-state index contributed by atoms with van der Waals surface area (Å²) in [4.78, 5) is 0. The normalized spacial score (nSPS) is 10.2. The molecule has 0 unspecified atom stereocenters. The summed E-state index contributed by atoms with van der Waals surface area (Å²) < 4.78 is 25.5. The molecule has 0 aliphatic heterocycles. The predicted molar refractivity (Wildman–Crippen MR) is 40.7 cm³/mol. The Bertz CT molecular complexity index is 271. The van der Waals surface area contributed by atoms with E-state index in [1.807, 2.05) is 0 Å². The zero-order valence-corrected chi connectivity index (χ0v) is 6.75. The van der Waals surface area contributed by atoms with Crippen LogP contribution in [0.1, 0.15) is 12.5 Å². The van der Waals surface area contributed by atoms with Gasteiger partial charge >= 0.3 is 0 Å². The van der Waals surface area contributed by atoms with Crippen LogP contribution in [0, 0.1) is 11.6 Å². The van der Waals surface area contributed by atoms with Crippen molar-refractivity contribution in [3.63, 3.8) is 0 Å². The first-order valence-electron chi connectivity index (χ1n) is 3.29. The zero-order chi connectivity index (χ0) is 8.43. The van der Waals surface area contributed by atoms with Crippen LogP contribution in [0.15, 0.2) is 12.1 Å². The van der Waals surface area contributed by atoms with Gasteiger partial charge in [0.1, 0.15) is 0 Å². The van der Waals surface area contributed by atoms with Crippen molar-refractivity contribution in [2.45, 2.75) is 13.3 Å². The van der Waals surface area contributed by atoms with Gasteiger partial charge in [-0.15, -0.1) is 0 Å². The van der Waals surface area contributed by atoms with Crippen LogP contribution in [-0.2, 0) is 6.42 Å². The monoisotopic (exact) mass is 176 g/mol. The Morgan fingerprint density at radius 1 is 1.27 bits per heavy atom. The molecule has 0 saturated carbocycles. The molecule has 60 valence electrons. The molecule has 0 atom stereocenters. The van der Waals surface area contributed by atoms with Gasteiger partial charge in [0.05, 0.1) is 5.02 Å². The van der Waals surface area contributed by atoms with Gasteiger partial charge in [-0.2, -0.15) is 0 Å². The lowest BCUT2D eigenvalue weighted by Crippen LogP contribution is -1.92. The van der Waals surface area contributed by atoms with Crippen LogP contribution in [0.4, 0.5) is 8.78 Å². The standard InChI is InChI=1S/C8H7ClF2/c1-2-5-3-4-6(9)8(11)7(5)10/h3-4H,2H2,1H3. The van der Waals surface area contributed by atoms with E-state index in [4.69, 9.17) is 11.6 Å². The molecule has 0 aliphatic carbocycles. The van der Waals surface area contributed by atoms with Crippen LogP contribution in [0.5, 0.6) is 0 Å². The summed E-state index contributed by atoms with van der Waals surface area (Å²) in [6, 6.07) is 2.85. The van der Waals surface area contributed by atoms with Crippen LogP contribution < -0.4 is 0 Å². The molecular weight excluding hydrogens is 170 g/mol. The molecule has 0 radical (unpaired) electrons. The highest BCUT2D eigenvalue weighted by atomic mass is 35.5. The minimum atomic E-state index is -0.953. The molecular formula is C8H7ClF2. The number of halogens is 3. The van der Waals surface area contributed by atoms with E-state index < -0.39 is 11.6 Å². The second-order valence-corrected chi connectivity index (χ2v) is 2.60. The molecule has 1 rings (SSSR count). The maximum absolute atomic E-state index is 12.8. The number of rotatable bonds is 1. The van der Waals surface area contributed by atoms with Crippen LogP contribution in [0.2, 0.25) is 5.02 Å². The van der Waals surface area contributed by atoms with E-state index in [2.05, 4.69) is 0 Å². The van der Waals surface area contributed by atoms with Crippen molar-refractivity contribution in [1.29, 1.82) is 0 Å². The number of hydrogen-bond acceptors (Lipinski definition) is 0. The summed E-state index contributed by atoms with van der Waals surface area (Å²) in [6.45, 7) is 1.76. The van der Waals surface area contributed by atoms with Crippen molar-refractivity contribution in [3.05, 3.63) is 34.4 Å². The summed E-state index contributed by atoms with van der Waals surface area (Å²) in [5.74, 6) is -1.79. The van der Waals surface area contributed by atoms with Crippen LogP contribution in [0.3, 0.4) is 0 Å². The summed E-state index contributed by atoms with van der Waals surface area (Å²) in [5.41, 5.74) is 0.354. The first-order chi connectivity index (χ1) is 5.16. The molecule has 0 amide bonds. The summed E-state index contributed by atoms with van der Waals surface area (Å²) in [6.07, 6.45) is 0.472. The maximum Gasteiger partial charge on any atom is 0.177 e. The first kappa shape index (κ1) is 8.47. The molecule has 1 aromatic carbocycles. The van der Waals surface area contributed by atoms with E-state index in [0.29, 0.717) is 12.0 Å². The SMILES string of the molecule is CCc1ccc(Cl)c(F)c1F. The highest BCUT2D eigenvalue weighted by Crippen LogP contribution is 2.20. The van der Waals surface area contributed by atoms with Crippen molar-refractivity contribution >= 4 is 11.6 Å². The molecule has 0 heterocycles. The van der Waals surface area contributed by atoms with Crippen molar-refractivity contribution in [1.82, 2.24) is 0 Å². The number of benzene rings is 1. The average molecular weight is 177 g/mol. The van der Waals surface area contributed by atoms with E-state index in [9.17, 15) is 8.78 Å². The van der Waals surface area contributed by atoms with E-state index >= 15 is 0 Å². The Labute approximate surface area is 68.8 Å². The Morgan fingerprint density at radius 3 is 2.45 bits per heavy atom. The third kappa shape index (κ3) is 1.51. The lowest BCUT2D eigenvalue weighted by Gasteiger charge is -2.00. The van der Waals surface area contributed by atoms with Crippen molar-refractivity contribution in [2.75, 3.05) is 0 Å². The first-order valence-corrected chi connectivity index (χ1v) is 3.67. The van der Waals surface area contributed by atoms with Gasteiger partial charge in [0.25, 0.3) is 0 Å². The fourth-order valence-electron chi connectivity index (χ4n) is 0.839. The summed E-state index contributed by atoms with van der Waals surface area (Å²) >= 11 is 5.33. The minimum Gasteiger partial charge on any atom is -0.203 e. The quantitative estimate of drug-likeness (QED) is 0.577. The smallest absolute Gasteiger partial charge is 0.177 e. The number of hydrogen-bond donors (Lipinski definition) is 0. The lowest BCUT2D eigenvalue weighted by atomic mass is 10.1. The molecule has 3 heteroatoms. The molecule has 11 heavy (non-hydrogen) atoms. The molecule has 0 aliphatic rings. The van der Waals surface area contributed by atoms with Crippen molar-refractivity contribution < 1.29 is 8.78 Å². The Kier molecular flexibility index (Phi) is 2.45. The molecule has 0 spiro atoms. The average Bonchev–Trinajstić information content (AvgIpc) is 2.01. The van der Waals surface area contributed by atoms with E-state index in [1.54, 1.807) is 6.92 Å². The maximum atomic E-state index is 12.8. The minimum absolute atomic E-state index is 0.167.